The molecule has 0 saturated heterocycles. The zero-order chi connectivity index (χ0) is 13.3. The van der Waals surface area contributed by atoms with Crippen molar-refractivity contribution in [1.29, 1.82) is 0 Å². The fourth-order valence-electron chi connectivity index (χ4n) is 2.67. The average Bonchev–Trinajstić information content (AvgIpc) is 2.37. The number of rotatable bonds is 10. The minimum absolute atomic E-state index is 0.825. The van der Waals surface area contributed by atoms with Crippen LogP contribution >= 0.6 is 0 Å². The molecule has 3 nitrogen and oxygen atoms in total. The van der Waals surface area contributed by atoms with Gasteiger partial charge in [-0.2, -0.15) is 0 Å². The quantitative estimate of drug-likeness (QED) is 0.560. The Morgan fingerprint density at radius 1 is 1.00 bits per heavy atom. The van der Waals surface area contributed by atoms with Crippen molar-refractivity contribution in [2.75, 3.05) is 39.9 Å². The van der Waals surface area contributed by atoms with Crippen LogP contribution < -0.4 is 0 Å². The second-order valence-electron chi connectivity index (χ2n) is 4.17. The Morgan fingerprint density at radius 2 is 1.41 bits per heavy atom. The average molecular weight is 258 g/mol. The third-order valence-electron chi connectivity index (χ3n) is 3.62. The number of ether oxygens (including phenoxy) is 1. The van der Waals surface area contributed by atoms with Crippen molar-refractivity contribution in [3.63, 3.8) is 0 Å². The molecule has 0 heterocycles. The summed E-state index contributed by atoms with van der Waals surface area (Å²) in [6.45, 7) is 18.3. The summed E-state index contributed by atoms with van der Waals surface area (Å²) in [6.07, 6.45) is 0. The highest BCUT2D eigenvalue weighted by atomic mass is 28.3. The Morgan fingerprint density at radius 3 is 1.65 bits per heavy atom. The van der Waals surface area contributed by atoms with E-state index in [9.17, 15) is 0 Å². The van der Waals surface area contributed by atoms with Gasteiger partial charge in [-0.3, -0.25) is 0 Å². The van der Waals surface area contributed by atoms with Gasteiger partial charge in [0.25, 0.3) is 0 Å². The van der Waals surface area contributed by atoms with E-state index in [1.807, 2.05) is 0 Å². The minimum Gasteiger partial charge on any atom is -0.385 e. The molecule has 0 aliphatic heterocycles. The summed E-state index contributed by atoms with van der Waals surface area (Å²) in [7, 11) is 0.0407. The lowest BCUT2D eigenvalue weighted by atomic mass is 10.7. The molecule has 0 aliphatic carbocycles. The zero-order valence-corrected chi connectivity index (χ0v) is 13.3. The van der Waals surface area contributed by atoms with Crippen LogP contribution in [0.3, 0.4) is 0 Å². The molecule has 0 atom stereocenters. The maximum Gasteiger partial charge on any atom is 0.234 e. The van der Waals surface area contributed by atoms with Crippen LogP contribution in [-0.4, -0.2) is 57.4 Å². The van der Waals surface area contributed by atoms with Crippen molar-refractivity contribution >= 4 is 8.40 Å². The largest absolute Gasteiger partial charge is 0.385 e. The molecule has 102 valence electrons. The van der Waals surface area contributed by atoms with Gasteiger partial charge >= 0.3 is 0 Å². The number of nitrogens with zero attached hydrogens (tertiary/aromatic N) is 2. The van der Waals surface area contributed by atoms with Gasteiger partial charge in [0, 0.05) is 13.7 Å². The van der Waals surface area contributed by atoms with E-state index in [0.717, 1.165) is 38.8 Å². The molecule has 0 unspecified atom stereocenters. The van der Waals surface area contributed by atoms with E-state index in [1.54, 1.807) is 7.11 Å². The first-order valence-electron chi connectivity index (χ1n) is 6.79. The summed E-state index contributed by atoms with van der Waals surface area (Å²) >= 11 is 0. The fourth-order valence-corrected chi connectivity index (χ4v) is 7.12. The van der Waals surface area contributed by atoms with Crippen molar-refractivity contribution in [2.45, 2.75) is 33.7 Å². The molecule has 0 bridgehead atoms. The van der Waals surface area contributed by atoms with E-state index in [2.05, 4.69) is 49.1 Å². The lowest BCUT2D eigenvalue weighted by Gasteiger charge is -2.46. The molecular formula is C13H30N2OSi. The smallest absolute Gasteiger partial charge is 0.234 e. The van der Waals surface area contributed by atoms with Gasteiger partial charge in [-0.15, -0.1) is 6.58 Å². The van der Waals surface area contributed by atoms with E-state index in [-0.39, 0.29) is 0 Å². The van der Waals surface area contributed by atoms with Crippen molar-refractivity contribution in [1.82, 2.24) is 9.13 Å². The van der Waals surface area contributed by atoms with Gasteiger partial charge in [0.05, 0.1) is 0 Å². The van der Waals surface area contributed by atoms with Crippen LogP contribution in [0.2, 0.25) is 6.04 Å². The number of methoxy groups -OCH3 is 1. The lowest BCUT2D eigenvalue weighted by molar-refractivity contribution is 0.207. The first kappa shape index (κ1) is 16.8. The van der Waals surface area contributed by atoms with Gasteiger partial charge in [0.15, 0.2) is 0 Å². The Kier molecular flexibility index (Phi) is 8.77. The van der Waals surface area contributed by atoms with E-state index in [4.69, 9.17) is 4.74 Å². The highest BCUT2D eigenvalue weighted by molar-refractivity contribution is 6.79. The molecule has 0 amide bonds. The lowest BCUT2D eigenvalue weighted by Crippen LogP contribution is -2.65. The predicted octanol–water partition coefficient (Wildman–Crippen LogP) is 2.48. The van der Waals surface area contributed by atoms with Crippen molar-refractivity contribution in [3.8, 4) is 0 Å². The molecular weight excluding hydrogens is 228 g/mol. The molecule has 0 saturated carbocycles. The van der Waals surface area contributed by atoms with Crippen LogP contribution in [0.4, 0.5) is 0 Å². The maximum atomic E-state index is 5.31. The Bertz CT molecular complexity index is 192. The molecule has 0 N–H and O–H groups in total. The third-order valence-corrected chi connectivity index (χ3v) is 8.67. The second kappa shape index (κ2) is 8.86. The monoisotopic (exact) mass is 258 g/mol. The van der Waals surface area contributed by atoms with Crippen molar-refractivity contribution in [3.05, 3.63) is 12.3 Å². The van der Waals surface area contributed by atoms with Crippen LogP contribution in [0.15, 0.2) is 12.3 Å². The van der Waals surface area contributed by atoms with Crippen molar-refractivity contribution in [2.24, 2.45) is 0 Å². The molecule has 0 aromatic rings. The van der Waals surface area contributed by atoms with E-state index in [1.165, 1.54) is 0 Å². The fraction of sp³-hybridized carbons (Fsp3) is 0.846. The first-order chi connectivity index (χ1) is 8.16. The summed E-state index contributed by atoms with van der Waals surface area (Å²) in [5, 5.41) is 0. The molecule has 0 aromatic carbocycles. The highest BCUT2D eigenvalue weighted by Gasteiger charge is 2.40. The molecule has 0 radical (unpaired) electrons. The van der Waals surface area contributed by atoms with Crippen LogP contribution in [0.25, 0.3) is 0 Å². The number of hydrogen-bond acceptors (Lipinski definition) is 3. The normalized spacial score (nSPS) is 12.4. The van der Waals surface area contributed by atoms with Crippen LogP contribution in [0, 0.1) is 0 Å². The first-order valence-corrected chi connectivity index (χ1v) is 8.97. The molecule has 0 aliphatic rings. The van der Waals surface area contributed by atoms with Gasteiger partial charge in [-0.25, -0.2) is 0 Å². The summed E-state index contributed by atoms with van der Waals surface area (Å²) < 4.78 is 10.5. The zero-order valence-electron chi connectivity index (χ0n) is 12.3. The third kappa shape index (κ3) is 3.91. The molecule has 0 spiro atoms. The van der Waals surface area contributed by atoms with Crippen molar-refractivity contribution < 1.29 is 4.74 Å². The van der Waals surface area contributed by atoms with E-state index >= 15 is 0 Å². The number of hydrogen-bond donors (Lipinski definition) is 0. The SMILES string of the molecule is C=C[Si](CCOC)(N(CC)CC)N(CC)CC. The van der Waals surface area contributed by atoms with Crippen LogP contribution in [-0.2, 0) is 4.74 Å². The highest BCUT2D eigenvalue weighted by Crippen LogP contribution is 2.21. The van der Waals surface area contributed by atoms with Gasteiger partial charge in [0.2, 0.25) is 8.40 Å². The summed E-state index contributed by atoms with van der Waals surface area (Å²) in [5.41, 5.74) is 2.23. The Labute approximate surface area is 109 Å². The van der Waals surface area contributed by atoms with Gasteiger partial charge in [-0.05, 0) is 32.2 Å². The maximum absolute atomic E-state index is 5.31. The molecule has 0 fully saturated rings. The summed E-state index contributed by atoms with van der Waals surface area (Å²) in [4.78, 5) is 0. The van der Waals surface area contributed by atoms with E-state index < -0.39 is 8.40 Å². The van der Waals surface area contributed by atoms with Gasteiger partial charge in [-0.1, -0.05) is 33.4 Å². The standard InChI is InChI=1S/C13H30N2OSi/c1-7-14(8-2)17(11-5,13-12-16-6)15(9-3)10-4/h11H,5,7-10,12-13H2,1-4,6H3. The van der Waals surface area contributed by atoms with Gasteiger partial charge in [0.1, 0.15) is 0 Å². The molecule has 4 heteroatoms. The Hall–Kier alpha value is -0.163. The Balaban J connectivity index is 5.16. The predicted molar refractivity (Wildman–Crippen MR) is 78.5 cm³/mol. The summed E-state index contributed by atoms with van der Waals surface area (Å²) in [5.74, 6) is 0. The second-order valence-corrected chi connectivity index (χ2v) is 8.10. The molecule has 0 rings (SSSR count). The summed E-state index contributed by atoms with van der Waals surface area (Å²) in [6, 6.07) is 1.11. The van der Waals surface area contributed by atoms with Gasteiger partial charge < -0.3 is 13.9 Å². The minimum atomic E-state index is -1.74. The molecule has 0 aromatic heterocycles. The van der Waals surface area contributed by atoms with Crippen LogP contribution in [0.5, 0.6) is 0 Å². The topological polar surface area (TPSA) is 15.7 Å². The molecule has 17 heavy (non-hydrogen) atoms. The van der Waals surface area contributed by atoms with E-state index in [0.29, 0.717) is 0 Å². The van der Waals surface area contributed by atoms with Crippen LogP contribution in [0.1, 0.15) is 27.7 Å².